The van der Waals surface area contributed by atoms with E-state index in [1.54, 1.807) is 6.20 Å². The van der Waals surface area contributed by atoms with Gasteiger partial charge in [0.05, 0.1) is 6.67 Å². The third kappa shape index (κ3) is 10.7. The second-order valence-electron chi connectivity index (χ2n) is 9.47. The van der Waals surface area contributed by atoms with Crippen molar-refractivity contribution < 1.29 is 60.1 Å². The first-order valence-electron chi connectivity index (χ1n) is 12.7. The van der Waals surface area contributed by atoms with Gasteiger partial charge in [0, 0.05) is 50.7 Å². The van der Waals surface area contributed by atoms with Crippen LogP contribution in [0, 0.1) is 5.82 Å². The Balaban J connectivity index is 0.000000402. The zero-order valence-electron chi connectivity index (χ0n) is 22.8. The highest BCUT2D eigenvalue weighted by atomic mass is 19.4. The molecule has 0 unspecified atom stereocenters. The zero-order valence-corrected chi connectivity index (χ0v) is 22.8. The fraction of sp³-hybridized carbons (Fsp3) is 0.423. The van der Waals surface area contributed by atoms with Gasteiger partial charge in [-0.25, -0.2) is 14.0 Å². The van der Waals surface area contributed by atoms with Crippen molar-refractivity contribution in [3.05, 3.63) is 65.7 Å². The van der Waals surface area contributed by atoms with Crippen LogP contribution in [0.1, 0.15) is 28.8 Å². The van der Waals surface area contributed by atoms with Crippen LogP contribution in [-0.4, -0.2) is 99.5 Å². The maximum absolute atomic E-state index is 13.0. The molecule has 242 valence electrons. The molecule has 18 heteroatoms. The molecule has 0 saturated carbocycles. The number of carbonyl (C=O) groups excluding carboxylic acids is 2. The first-order chi connectivity index (χ1) is 20.5. The second-order valence-corrected chi connectivity index (χ2v) is 9.47. The number of pyridine rings is 1. The van der Waals surface area contributed by atoms with Crippen molar-refractivity contribution in [3.8, 4) is 0 Å². The number of amides is 2. The number of hydrogen-bond acceptors (Lipinski definition) is 7. The van der Waals surface area contributed by atoms with E-state index in [4.69, 9.17) is 19.8 Å². The SMILES string of the molecule is O=C(NCCN1CCC2(CC1)C(=O)NCN2Cc1cccnc1)c1ccc(F)cc1.O=C(O)C(F)(F)F.O=C(O)C(F)(F)F. The van der Waals surface area contributed by atoms with Gasteiger partial charge in [-0.15, -0.1) is 0 Å². The van der Waals surface area contributed by atoms with Crippen molar-refractivity contribution >= 4 is 23.8 Å². The van der Waals surface area contributed by atoms with E-state index in [1.165, 1.54) is 24.3 Å². The molecule has 2 aliphatic rings. The standard InChI is InChI=1S/C22H26FN5O2.2C2HF3O2/c23-19-5-3-18(4-6-19)20(29)25-10-13-27-11-7-22(8-12-27)21(30)26-16-28(22)15-17-2-1-9-24-14-17;2*3-2(4,5)1(6)7/h1-6,9,14H,7-8,10-13,15-16H2,(H,25,29)(H,26,30);2*(H,6,7). The summed E-state index contributed by atoms with van der Waals surface area (Å²) >= 11 is 0. The zero-order chi connectivity index (χ0) is 33.1. The largest absolute Gasteiger partial charge is 0.490 e. The van der Waals surface area contributed by atoms with E-state index < -0.39 is 29.8 Å². The lowest BCUT2D eigenvalue weighted by Gasteiger charge is -2.42. The summed E-state index contributed by atoms with van der Waals surface area (Å²) in [5.41, 5.74) is 1.07. The summed E-state index contributed by atoms with van der Waals surface area (Å²) in [6.45, 7) is 4.07. The van der Waals surface area contributed by atoms with E-state index in [9.17, 15) is 40.3 Å². The Labute approximate surface area is 245 Å². The Kier molecular flexibility index (Phi) is 12.6. The summed E-state index contributed by atoms with van der Waals surface area (Å²) < 4.78 is 76.4. The molecule has 1 spiro atoms. The number of piperidine rings is 1. The van der Waals surface area contributed by atoms with Crippen LogP contribution in [0.2, 0.25) is 0 Å². The number of likely N-dealkylation sites (tertiary alicyclic amines) is 1. The van der Waals surface area contributed by atoms with Crippen LogP contribution in [0.3, 0.4) is 0 Å². The van der Waals surface area contributed by atoms with E-state index in [-0.39, 0.29) is 17.6 Å². The minimum absolute atomic E-state index is 0.107. The lowest BCUT2D eigenvalue weighted by molar-refractivity contribution is -0.193. The molecule has 3 heterocycles. The van der Waals surface area contributed by atoms with Gasteiger partial charge in [-0.2, -0.15) is 26.3 Å². The summed E-state index contributed by atoms with van der Waals surface area (Å²) in [6, 6.07) is 9.46. The van der Waals surface area contributed by atoms with E-state index in [0.29, 0.717) is 31.9 Å². The van der Waals surface area contributed by atoms with E-state index in [0.717, 1.165) is 31.5 Å². The Morgan fingerprint density at radius 1 is 0.955 bits per heavy atom. The van der Waals surface area contributed by atoms with Gasteiger partial charge in [-0.1, -0.05) is 6.07 Å². The molecule has 0 aliphatic carbocycles. The van der Waals surface area contributed by atoms with Crippen LogP contribution in [0.5, 0.6) is 0 Å². The highest BCUT2D eigenvalue weighted by Crippen LogP contribution is 2.33. The van der Waals surface area contributed by atoms with Gasteiger partial charge in [-0.05, 0) is 48.7 Å². The molecule has 44 heavy (non-hydrogen) atoms. The van der Waals surface area contributed by atoms with Crippen molar-refractivity contribution in [3.63, 3.8) is 0 Å². The minimum Gasteiger partial charge on any atom is -0.475 e. The molecule has 2 fully saturated rings. The maximum atomic E-state index is 13.0. The number of benzene rings is 1. The molecule has 11 nitrogen and oxygen atoms in total. The Bertz CT molecular complexity index is 1240. The van der Waals surface area contributed by atoms with Crippen molar-refractivity contribution in [1.82, 2.24) is 25.4 Å². The molecule has 1 aromatic heterocycles. The van der Waals surface area contributed by atoms with Crippen molar-refractivity contribution in [1.29, 1.82) is 0 Å². The predicted molar refractivity (Wildman–Crippen MR) is 137 cm³/mol. The first-order valence-corrected chi connectivity index (χ1v) is 12.7. The van der Waals surface area contributed by atoms with Crippen LogP contribution in [0.4, 0.5) is 30.7 Å². The molecule has 4 rings (SSSR count). The molecule has 2 saturated heterocycles. The number of carboxylic acids is 2. The molecule has 0 radical (unpaired) electrons. The van der Waals surface area contributed by atoms with Crippen LogP contribution in [0.25, 0.3) is 0 Å². The minimum atomic E-state index is -5.08. The van der Waals surface area contributed by atoms with Gasteiger partial charge >= 0.3 is 24.3 Å². The average Bonchev–Trinajstić information content (AvgIpc) is 3.24. The Hall–Kier alpha value is -4.32. The normalized spacial score (nSPS) is 16.6. The van der Waals surface area contributed by atoms with Gasteiger partial charge < -0.3 is 25.7 Å². The molecule has 4 N–H and O–H groups in total. The van der Waals surface area contributed by atoms with E-state index in [2.05, 4.69) is 25.4 Å². The van der Waals surface area contributed by atoms with Crippen LogP contribution < -0.4 is 10.6 Å². The third-order valence-corrected chi connectivity index (χ3v) is 6.54. The molecule has 0 bridgehead atoms. The van der Waals surface area contributed by atoms with Crippen LogP contribution >= 0.6 is 0 Å². The molecule has 0 atom stereocenters. The number of aliphatic carboxylic acids is 2. The van der Waals surface area contributed by atoms with E-state index >= 15 is 0 Å². The summed E-state index contributed by atoms with van der Waals surface area (Å²) in [6.07, 6.45) is -5.06. The lowest BCUT2D eigenvalue weighted by Crippen LogP contribution is -2.56. The van der Waals surface area contributed by atoms with Crippen LogP contribution in [-0.2, 0) is 20.9 Å². The number of nitrogens with one attached hydrogen (secondary N) is 2. The number of aromatic nitrogens is 1. The number of hydrogen-bond donors (Lipinski definition) is 4. The predicted octanol–water partition coefficient (Wildman–Crippen LogP) is 2.64. The fourth-order valence-corrected chi connectivity index (χ4v) is 4.27. The smallest absolute Gasteiger partial charge is 0.475 e. The highest BCUT2D eigenvalue weighted by Gasteiger charge is 2.49. The summed E-state index contributed by atoms with van der Waals surface area (Å²) in [7, 11) is 0. The van der Waals surface area contributed by atoms with Crippen molar-refractivity contribution in [2.75, 3.05) is 32.8 Å². The number of nitrogens with zero attached hydrogens (tertiary/aromatic N) is 3. The fourth-order valence-electron chi connectivity index (χ4n) is 4.27. The van der Waals surface area contributed by atoms with Gasteiger partial charge in [0.15, 0.2) is 0 Å². The van der Waals surface area contributed by atoms with Gasteiger partial charge in [-0.3, -0.25) is 19.5 Å². The first kappa shape index (κ1) is 35.9. The summed E-state index contributed by atoms with van der Waals surface area (Å²) in [5, 5.41) is 20.1. The molecule has 2 aliphatic heterocycles. The van der Waals surface area contributed by atoms with Gasteiger partial charge in [0.1, 0.15) is 11.4 Å². The highest BCUT2D eigenvalue weighted by molar-refractivity contribution is 5.94. The molecular weight excluding hydrogens is 611 g/mol. The quantitative estimate of drug-likeness (QED) is 0.350. The monoisotopic (exact) mass is 639 g/mol. The van der Waals surface area contributed by atoms with Crippen molar-refractivity contribution in [2.24, 2.45) is 0 Å². The van der Waals surface area contributed by atoms with Gasteiger partial charge in [0.25, 0.3) is 5.91 Å². The number of halogens is 7. The topological polar surface area (TPSA) is 152 Å². The molecule has 2 aromatic rings. The maximum Gasteiger partial charge on any atom is 0.490 e. The Morgan fingerprint density at radius 3 is 1.98 bits per heavy atom. The number of alkyl halides is 6. The number of carboxylic acid groups (broad SMARTS) is 2. The number of carbonyl (C=O) groups is 4. The van der Waals surface area contributed by atoms with Gasteiger partial charge in [0.2, 0.25) is 5.91 Å². The third-order valence-electron chi connectivity index (χ3n) is 6.54. The number of rotatable bonds is 6. The summed E-state index contributed by atoms with van der Waals surface area (Å²) in [5.74, 6) is -5.97. The molecular formula is C26H28F7N5O6. The second kappa shape index (κ2) is 15.4. The van der Waals surface area contributed by atoms with E-state index in [1.807, 2.05) is 18.3 Å². The summed E-state index contributed by atoms with van der Waals surface area (Å²) in [4.78, 5) is 51.3. The van der Waals surface area contributed by atoms with Crippen molar-refractivity contribution in [2.45, 2.75) is 37.3 Å². The average molecular weight is 640 g/mol. The molecule has 2 amide bonds. The lowest BCUT2D eigenvalue weighted by atomic mass is 9.86. The molecule has 1 aromatic carbocycles. The Morgan fingerprint density at radius 2 is 1.50 bits per heavy atom. The van der Waals surface area contributed by atoms with Crippen LogP contribution in [0.15, 0.2) is 48.8 Å².